The van der Waals surface area contributed by atoms with Crippen LogP contribution in [0, 0.1) is 0 Å². The van der Waals surface area contributed by atoms with Crippen molar-refractivity contribution >= 4 is 5.78 Å². The summed E-state index contributed by atoms with van der Waals surface area (Å²) in [6.07, 6.45) is 3.86. The van der Waals surface area contributed by atoms with Gasteiger partial charge in [-0.3, -0.25) is 4.79 Å². The molecule has 0 radical (unpaired) electrons. The Labute approximate surface area is 94.4 Å². The van der Waals surface area contributed by atoms with E-state index in [0.29, 0.717) is 12.1 Å². The lowest BCUT2D eigenvalue weighted by molar-refractivity contribution is -0.274. The molecule has 0 fully saturated rings. The van der Waals surface area contributed by atoms with Crippen LogP contribution in [0.2, 0.25) is 0 Å². The molecule has 1 unspecified atom stereocenters. The lowest BCUT2D eigenvalue weighted by Gasteiger charge is -2.10. The molecule has 0 saturated heterocycles. The molecule has 0 heterocycles. The van der Waals surface area contributed by atoms with E-state index in [0.717, 1.165) is 11.1 Å². The number of benzene rings is 1. The minimum absolute atomic E-state index is 0.164. The Bertz CT molecular complexity index is 460. The number of hydrogen-bond donors (Lipinski definition) is 2. The first-order valence-corrected chi connectivity index (χ1v) is 5.26. The van der Waals surface area contributed by atoms with Crippen molar-refractivity contribution in [3.05, 3.63) is 59.4 Å². The first kappa shape index (κ1) is 10.6. The van der Waals surface area contributed by atoms with Crippen LogP contribution in [0.4, 0.5) is 0 Å². The number of ketones is 1. The molecule has 1 aromatic carbocycles. The fourth-order valence-electron chi connectivity index (χ4n) is 2.09. The number of Topliss-reactive ketones (excluding diaryl/α,β-unsaturated/α-hetero) is 1. The van der Waals surface area contributed by atoms with Gasteiger partial charge in [-0.15, -0.1) is 0 Å². The van der Waals surface area contributed by atoms with Crippen molar-refractivity contribution in [2.24, 2.45) is 5.73 Å². The van der Waals surface area contributed by atoms with E-state index in [1.54, 1.807) is 6.20 Å². The van der Waals surface area contributed by atoms with Crippen LogP contribution in [0.25, 0.3) is 0 Å². The zero-order valence-electron chi connectivity index (χ0n) is 9.02. The summed E-state index contributed by atoms with van der Waals surface area (Å²) in [7, 11) is 0. The normalized spacial score (nSPS) is 21.1. The van der Waals surface area contributed by atoms with Gasteiger partial charge in [0.15, 0.2) is 5.78 Å². The van der Waals surface area contributed by atoms with Crippen molar-refractivity contribution in [2.45, 2.75) is 12.3 Å². The lowest BCUT2D eigenvalue weighted by atomic mass is 9.92. The van der Waals surface area contributed by atoms with Crippen LogP contribution in [0.5, 0.6) is 0 Å². The van der Waals surface area contributed by atoms with Crippen LogP contribution in [0.1, 0.15) is 17.9 Å². The molecule has 0 aliphatic heterocycles. The molecule has 2 rings (SSSR count). The van der Waals surface area contributed by atoms with Crippen molar-refractivity contribution < 1.29 is 10.5 Å². The summed E-state index contributed by atoms with van der Waals surface area (Å²) in [4.78, 5) is 11.9. The third-order valence-electron chi connectivity index (χ3n) is 2.80. The molecule has 1 atom stereocenters. The average Bonchev–Trinajstić information content (AvgIpc) is 2.56. The molecule has 0 bridgehead atoms. The maximum absolute atomic E-state index is 11.9. The first-order valence-electron chi connectivity index (χ1n) is 5.26. The number of carbonyl (C=O) groups is 1. The summed E-state index contributed by atoms with van der Waals surface area (Å²) in [5, 5.41) is 0. The fourth-order valence-corrected chi connectivity index (χ4v) is 2.09. The highest BCUT2D eigenvalue weighted by Crippen LogP contribution is 2.35. The third kappa shape index (κ3) is 1.77. The van der Waals surface area contributed by atoms with Gasteiger partial charge in [0.1, 0.15) is 0 Å². The van der Waals surface area contributed by atoms with Gasteiger partial charge < -0.3 is 11.5 Å². The van der Waals surface area contributed by atoms with Crippen LogP contribution in [-0.2, 0) is 4.79 Å². The molecule has 1 aliphatic rings. The number of quaternary nitrogens is 1. The molecule has 1 aromatic rings. The second-order valence-corrected chi connectivity index (χ2v) is 3.87. The summed E-state index contributed by atoms with van der Waals surface area (Å²) in [5.74, 6) is -0.0454. The molecule has 5 N–H and O–H groups in total. The van der Waals surface area contributed by atoms with E-state index in [9.17, 15) is 4.79 Å². The van der Waals surface area contributed by atoms with Crippen molar-refractivity contribution in [3.8, 4) is 0 Å². The zero-order chi connectivity index (χ0) is 11.5. The monoisotopic (exact) mass is 215 g/mol. The number of rotatable bonds is 2. The predicted molar refractivity (Wildman–Crippen MR) is 62.0 cm³/mol. The quantitative estimate of drug-likeness (QED) is 0.762. The molecule has 1 aliphatic carbocycles. The summed E-state index contributed by atoms with van der Waals surface area (Å²) >= 11 is 0. The minimum Gasteiger partial charge on any atom is -0.401 e. The van der Waals surface area contributed by atoms with Gasteiger partial charge in [-0.2, -0.15) is 0 Å². The molecular weight excluding hydrogens is 200 g/mol. The Balaban J connectivity index is 2.44. The Morgan fingerprint density at radius 3 is 2.62 bits per heavy atom. The second kappa shape index (κ2) is 4.33. The van der Waals surface area contributed by atoms with Gasteiger partial charge >= 0.3 is 0 Å². The Kier molecular flexibility index (Phi) is 2.88. The van der Waals surface area contributed by atoms with E-state index in [-0.39, 0.29) is 11.7 Å². The zero-order valence-corrected chi connectivity index (χ0v) is 9.02. The number of carbonyl (C=O) groups excluding carboxylic acids is 1. The lowest BCUT2D eigenvalue weighted by Crippen LogP contribution is -2.39. The highest BCUT2D eigenvalue weighted by Gasteiger charge is 2.31. The Morgan fingerprint density at radius 1 is 1.31 bits per heavy atom. The van der Waals surface area contributed by atoms with Crippen LogP contribution in [0.3, 0.4) is 0 Å². The van der Waals surface area contributed by atoms with Gasteiger partial charge in [-0.25, -0.2) is 0 Å². The van der Waals surface area contributed by atoms with Crippen molar-refractivity contribution in [1.29, 1.82) is 0 Å². The molecule has 16 heavy (non-hydrogen) atoms. The molecule has 0 aromatic heterocycles. The topological polar surface area (TPSA) is 70.7 Å². The van der Waals surface area contributed by atoms with E-state index in [4.69, 9.17) is 5.73 Å². The van der Waals surface area contributed by atoms with Gasteiger partial charge in [-0.1, -0.05) is 30.3 Å². The van der Waals surface area contributed by atoms with Crippen molar-refractivity contribution in [3.63, 3.8) is 0 Å². The fraction of sp³-hybridized carbons (Fsp3) is 0.154. The van der Waals surface area contributed by atoms with Gasteiger partial charge in [0, 0.05) is 12.1 Å². The molecule has 0 spiro atoms. The summed E-state index contributed by atoms with van der Waals surface area (Å²) in [5.41, 5.74) is 12.1. The number of hydrogen-bond acceptors (Lipinski definition) is 2. The van der Waals surface area contributed by atoms with Crippen LogP contribution in [0.15, 0.2) is 53.9 Å². The largest absolute Gasteiger partial charge is 0.401 e. The van der Waals surface area contributed by atoms with Gasteiger partial charge in [-0.05, 0) is 17.2 Å². The van der Waals surface area contributed by atoms with Crippen LogP contribution in [-0.4, -0.2) is 5.78 Å². The molecular formula is C13H15N2O+. The van der Waals surface area contributed by atoms with Gasteiger partial charge in [0.05, 0.1) is 12.1 Å². The standard InChI is InChI=1S/C13H14N2O/c14-7-6-10-11(15)8-12(16)13(10)9-4-2-1-3-5-9/h1-7,13H,8,14-15H2/p+1/b7-6-. The molecule has 3 nitrogen and oxygen atoms in total. The number of allylic oxidation sites excluding steroid dienone is 3. The van der Waals surface area contributed by atoms with Crippen molar-refractivity contribution in [1.82, 2.24) is 0 Å². The second-order valence-electron chi connectivity index (χ2n) is 3.87. The van der Waals surface area contributed by atoms with Gasteiger partial charge in [0.25, 0.3) is 0 Å². The van der Waals surface area contributed by atoms with E-state index in [1.807, 2.05) is 36.4 Å². The smallest absolute Gasteiger partial charge is 0.150 e. The maximum atomic E-state index is 11.9. The summed E-state index contributed by atoms with van der Waals surface area (Å²) in [6, 6.07) is 9.72. The van der Waals surface area contributed by atoms with E-state index in [1.165, 1.54) is 0 Å². The summed E-state index contributed by atoms with van der Waals surface area (Å²) in [6.45, 7) is 0. The first-order chi connectivity index (χ1) is 7.74. The third-order valence-corrected chi connectivity index (χ3v) is 2.80. The molecule has 3 heteroatoms. The SMILES string of the molecule is NC1=C(/C=C\[NH3+])C(c2ccccc2)C(=O)C1. The maximum Gasteiger partial charge on any atom is 0.150 e. The Hall–Kier alpha value is -1.87. The van der Waals surface area contributed by atoms with E-state index in [2.05, 4.69) is 5.73 Å². The molecule has 0 amide bonds. The summed E-state index contributed by atoms with van der Waals surface area (Å²) < 4.78 is 0. The predicted octanol–water partition coefficient (Wildman–Crippen LogP) is 0.711. The Morgan fingerprint density at radius 2 is 2.00 bits per heavy atom. The van der Waals surface area contributed by atoms with E-state index < -0.39 is 0 Å². The van der Waals surface area contributed by atoms with Crippen LogP contribution < -0.4 is 11.5 Å². The highest BCUT2D eigenvalue weighted by atomic mass is 16.1. The average molecular weight is 215 g/mol. The minimum atomic E-state index is -0.209. The van der Waals surface area contributed by atoms with Gasteiger partial charge in [0.2, 0.25) is 0 Å². The van der Waals surface area contributed by atoms with E-state index >= 15 is 0 Å². The molecule has 82 valence electrons. The van der Waals surface area contributed by atoms with Crippen LogP contribution >= 0.6 is 0 Å². The van der Waals surface area contributed by atoms with Crippen molar-refractivity contribution in [2.75, 3.05) is 0 Å². The highest BCUT2D eigenvalue weighted by molar-refractivity contribution is 5.95. The molecule has 0 saturated carbocycles. The number of nitrogens with two attached hydrogens (primary N) is 1.